The van der Waals surface area contributed by atoms with Gasteiger partial charge in [0.25, 0.3) is 5.91 Å². The first kappa shape index (κ1) is 20.0. The first-order valence-electron chi connectivity index (χ1n) is 8.95. The number of hydrogen-bond acceptors (Lipinski definition) is 4. The van der Waals surface area contributed by atoms with Gasteiger partial charge in [-0.15, -0.1) is 11.3 Å². The SMILES string of the molecule is CCCCOc1ccc(NC(=O)CCCNC(=O)c2cccs2)c(C)c1. The van der Waals surface area contributed by atoms with E-state index in [0.29, 0.717) is 30.9 Å². The summed E-state index contributed by atoms with van der Waals surface area (Å²) in [5.41, 5.74) is 1.76. The van der Waals surface area contributed by atoms with E-state index in [4.69, 9.17) is 4.74 Å². The van der Waals surface area contributed by atoms with Crippen molar-refractivity contribution in [3.8, 4) is 5.75 Å². The minimum absolute atomic E-state index is 0.0573. The smallest absolute Gasteiger partial charge is 0.261 e. The van der Waals surface area contributed by atoms with Crippen molar-refractivity contribution in [2.45, 2.75) is 39.5 Å². The zero-order chi connectivity index (χ0) is 18.8. The molecule has 26 heavy (non-hydrogen) atoms. The van der Waals surface area contributed by atoms with Gasteiger partial charge < -0.3 is 15.4 Å². The number of nitrogens with one attached hydrogen (secondary N) is 2. The number of ether oxygens (including phenoxy) is 1. The third-order valence-electron chi connectivity index (χ3n) is 3.85. The van der Waals surface area contributed by atoms with Gasteiger partial charge in [-0.05, 0) is 55.0 Å². The van der Waals surface area contributed by atoms with Gasteiger partial charge in [0, 0.05) is 18.7 Å². The van der Waals surface area contributed by atoms with Gasteiger partial charge in [0.1, 0.15) is 5.75 Å². The predicted molar refractivity (Wildman–Crippen MR) is 106 cm³/mol. The summed E-state index contributed by atoms with van der Waals surface area (Å²) in [6, 6.07) is 9.31. The zero-order valence-corrected chi connectivity index (χ0v) is 16.2. The van der Waals surface area contributed by atoms with Crippen LogP contribution in [0.25, 0.3) is 0 Å². The minimum Gasteiger partial charge on any atom is -0.494 e. The summed E-state index contributed by atoms with van der Waals surface area (Å²) in [5.74, 6) is 0.679. The number of anilines is 1. The number of hydrogen-bond donors (Lipinski definition) is 2. The number of carbonyl (C=O) groups is 2. The lowest BCUT2D eigenvalue weighted by atomic mass is 10.2. The molecule has 0 unspecified atom stereocenters. The average Bonchev–Trinajstić information content (AvgIpc) is 3.16. The van der Waals surface area contributed by atoms with Gasteiger partial charge in [-0.2, -0.15) is 0 Å². The predicted octanol–water partition coefficient (Wildman–Crippen LogP) is 4.38. The summed E-state index contributed by atoms with van der Waals surface area (Å²) >= 11 is 1.40. The number of rotatable bonds is 10. The van der Waals surface area contributed by atoms with Crippen LogP contribution in [0.2, 0.25) is 0 Å². The molecule has 0 fully saturated rings. The maximum atomic E-state index is 12.1. The number of amides is 2. The van der Waals surface area contributed by atoms with E-state index < -0.39 is 0 Å². The summed E-state index contributed by atoms with van der Waals surface area (Å²) in [6.45, 7) is 5.26. The van der Waals surface area contributed by atoms with Gasteiger partial charge in [-0.25, -0.2) is 0 Å². The van der Waals surface area contributed by atoms with Crippen LogP contribution in [0.1, 0.15) is 47.8 Å². The molecule has 2 N–H and O–H groups in total. The van der Waals surface area contributed by atoms with E-state index in [1.54, 1.807) is 6.07 Å². The van der Waals surface area contributed by atoms with Crippen LogP contribution in [0.3, 0.4) is 0 Å². The molecule has 0 atom stereocenters. The summed E-state index contributed by atoms with van der Waals surface area (Å²) < 4.78 is 5.67. The second kappa shape index (κ2) is 10.6. The highest BCUT2D eigenvalue weighted by molar-refractivity contribution is 7.12. The lowest BCUT2D eigenvalue weighted by Gasteiger charge is -2.11. The van der Waals surface area contributed by atoms with Gasteiger partial charge in [-0.1, -0.05) is 19.4 Å². The molecule has 1 aromatic heterocycles. The molecule has 1 heterocycles. The molecule has 0 saturated heterocycles. The summed E-state index contributed by atoms with van der Waals surface area (Å²) in [7, 11) is 0. The Balaban J connectivity index is 1.71. The van der Waals surface area contributed by atoms with Crippen LogP contribution in [-0.4, -0.2) is 25.0 Å². The molecule has 0 spiro atoms. The molecule has 0 radical (unpaired) electrons. The number of benzene rings is 1. The van der Waals surface area contributed by atoms with E-state index in [2.05, 4.69) is 17.6 Å². The number of carbonyl (C=O) groups excluding carboxylic acids is 2. The highest BCUT2D eigenvalue weighted by atomic mass is 32.1. The molecule has 0 saturated carbocycles. The zero-order valence-electron chi connectivity index (χ0n) is 15.3. The van der Waals surface area contributed by atoms with Gasteiger partial charge in [-0.3, -0.25) is 9.59 Å². The van der Waals surface area contributed by atoms with Crippen molar-refractivity contribution in [3.05, 3.63) is 46.2 Å². The largest absolute Gasteiger partial charge is 0.494 e. The highest BCUT2D eigenvalue weighted by Gasteiger charge is 2.08. The second-order valence-corrected chi connectivity index (χ2v) is 7.01. The molecular formula is C20H26N2O3S. The van der Waals surface area contributed by atoms with E-state index in [0.717, 1.165) is 29.8 Å². The van der Waals surface area contributed by atoms with E-state index in [9.17, 15) is 9.59 Å². The second-order valence-electron chi connectivity index (χ2n) is 6.06. The molecule has 6 heteroatoms. The molecular weight excluding hydrogens is 348 g/mol. The van der Waals surface area contributed by atoms with E-state index in [-0.39, 0.29) is 11.8 Å². The van der Waals surface area contributed by atoms with Crippen LogP contribution in [-0.2, 0) is 4.79 Å². The molecule has 0 aliphatic rings. The molecule has 140 valence electrons. The topological polar surface area (TPSA) is 67.4 Å². The summed E-state index contributed by atoms with van der Waals surface area (Å²) in [5, 5.41) is 7.60. The molecule has 2 amide bonds. The number of thiophene rings is 1. The fourth-order valence-electron chi connectivity index (χ4n) is 2.36. The molecule has 0 bridgehead atoms. The van der Waals surface area contributed by atoms with Crippen molar-refractivity contribution in [3.63, 3.8) is 0 Å². The molecule has 2 rings (SSSR count). The fourth-order valence-corrected chi connectivity index (χ4v) is 3.00. The molecule has 0 aliphatic heterocycles. The van der Waals surface area contributed by atoms with Crippen molar-refractivity contribution in [2.75, 3.05) is 18.5 Å². The van der Waals surface area contributed by atoms with Gasteiger partial charge >= 0.3 is 0 Å². The number of unbranched alkanes of at least 4 members (excludes halogenated alkanes) is 1. The molecule has 1 aromatic carbocycles. The van der Waals surface area contributed by atoms with Crippen LogP contribution >= 0.6 is 11.3 Å². The molecule has 5 nitrogen and oxygen atoms in total. The Kier molecular flexibility index (Phi) is 8.15. The highest BCUT2D eigenvalue weighted by Crippen LogP contribution is 2.22. The summed E-state index contributed by atoms with van der Waals surface area (Å²) in [6.07, 6.45) is 3.08. The van der Waals surface area contributed by atoms with E-state index in [1.807, 2.05) is 36.6 Å². The lowest BCUT2D eigenvalue weighted by molar-refractivity contribution is -0.116. The Bertz CT molecular complexity index is 714. The Morgan fingerprint density at radius 2 is 2.04 bits per heavy atom. The van der Waals surface area contributed by atoms with Crippen LogP contribution in [0, 0.1) is 6.92 Å². The monoisotopic (exact) mass is 374 g/mol. The molecule has 2 aromatic rings. The van der Waals surface area contributed by atoms with Crippen LogP contribution < -0.4 is 15.4 Å². The van der Waals surface area contributed by atoms with Crippen LogP contribution in [0.4, 0.5) is 5.69 Å². The van der Waals surface area contributed by atoms with Crippen molar-refractivity contribution < 1.29 is 14.3 Å². The Morgan fingerprint density at radius 1 is 1.19 bits per heavy atom. The maximum absolute atomic E-state index is 12.1. The maximum Gasteiger partial charge on any atom is 0.261 e. The minimum atomic E-state index is -0.0880. The Labute approximate surface area is 158 Å². The average molecular weight is 375 g/mol. The first-order valence-corrected chi connectivity index (χ1v) is 9.83. The van der Waals surface area contributed by atoms with E-state index in [1.165, 1.54) is 11.3 Å². The quantitative estimate of drug-likeness (QED) is 0.606. The standard InChI is InChI=1S/C20H26N2O3S/c1-3-4-12-25-16-9-10-17(15(2)14-16)22-19(23)8-5-11-21-20(24)18-7-6-13-26-18/h6-7,9-10,13-14H,3-5,8,11-12H2,1-2H3,(H,21,24)(H,22,23). The number of aryl methyl sites for hydroxylation is 1. The third kappa shape index (κ3) is 6.52. The van der Waals surface area contributed by atoms with E-state index >= 15 is 0 Å². The van der Waals surface area contributed by atoms with Crippen molar-refractivity contribution >= 4 is 28.8 Å². The molecule has 0 aliphatic carbocycles. The summed E-state index contributed by atoms with van der Waals surface area (Å²) in [4.78, 5) is 24.6. The van der Waals surface area contributed by atoms with Crippen molar-refractivity contribution in [1.82, 2.24) is 5.32 Å². The van der Waals surface area contributed by atoms with Gasteiger partial charge in [0.05, 0.1) is 11.5 Å². The first-order chi connectivity index (χ1) is 12.6. The van der Waals surface area contributed by atoms with Crippen molar-refractivity contribution in [2.24, 2.45) is 0 Å². The normalized spacial score (nSPS) is 10.4. The van der Waals surface area contributed by atoms with Gasteiger partial charge in [0.15, 0.2) is 0 Å². The van der Waals surface area contributed by atoms with Crippen LogP contribution in [0.15, 0.2) is 35.7 Å². The Hall–Kier alpha value is -2.34. The van der Waals surface area contributed by atoms with Crippen LogP contribution in [0.5, 0.6) is 5.75 Å². The third-order valence-corrected chi connectivity index (χ3v) is 4.72. The van der Waals surface area contributed by atoms with Crippen molar-refractivity contribution in [1.29, 1.82) is 0 Å². The fraction of sp³-hybridized carbons (Fsp3) is 0.400. The lowest BCUT2D eigenvalue weighted by Crippen LogP contribution is -2.24. The Morgan fingerprint density at radius 3 is 2.73 bits per heavy atom. The van der Waals surface area contributed by atoms with Gasteiger partial charge in [0.2, 0.25) is 5.91 Å².